The van der Waals surface area contributed by atoms with Gasteiger partial charge in [0.15, 0.2) is 5.58 Å². The zero-order valence-corrected chi connectivity index (χ0v) is 27.5. The number of benzene rings is 7. The summed E-state index contributed by atoms with van der Waals surface area (Å²) < 4.78 is 17.9. The first kappa shape index (κ1) is 27.0. The summed E-state index contributed by atoms with van der Waals surface area (Å²) in [5.41, 5.74) is 7.31. The lowest BCUT2D eigenvalue weighted by Gasteiger charge is -2.25. The Bertz CT molecular complexity index is 2960. The van der Waals surface area contributed by atoms with Crippen LogP contribution in [0, 0.1) is 0 Å². The van der Waals surface area contributed by atoms with Gasteiger partial charge < -0.3 is 13.7 Å². The van der Waals surface area contributed by atoms with Crippen molar-refractivity contribution in [3.05, 3.63) is 146 Å². The van der Waals surface area contributed by atoms with Gasteiger partial charge >= 0.3 is 0 Å². The van der Waals surface area contributed by atoms with Crippen molar-refractivity contribution in [2.75, 3.05) is 4.90 Å². The number of hydrogen-bond donors (Lipinski definition) is 0. The largest absolute Gasteiger partial charge is 0.456 e. The van der Waals surface area contributed by atoms with Gasteiger partial charge in [-0.25, -0.2) is 4.98 Å². The molecule has 4 heterocycles. The van der Waals surface area contributed by atoms with Crippen LogP contribution in [0.15, 0.2) is 154 Å². The molecule has 0 radical (unpaired) electrons. The smallest absolute Gasteiger partial charge is 0.227 e. The van der Waals surface area contributed by atoms with Crippen LogP contribution < -0.4 is 4.90 Å². The third kappa shape index (κ3) is 4.18. The van der Waals surface area contributed by atoms with Crippen LogP contribution in [0.2, 0.25) is 0 Å². The SMILES string of the molecule is c1ccc(-c2nc3cc4oc5cc(N(c6ccc7c(c6)sc6ccccc67)c6ccc7c(c6)sc6ccccc67)ccc5c4cc3o2)cc1. The average Bonchev–Trinajstić information content (AvgIpc) is 3.91. The van der Waals surface area contributed by atoms with E-state index in [-0.39, 0.29) is 0 Å². The lowest BCUT2D eigenvalue weighted by Crippen LogP contribution is -2.09. The third-order valence-electron chi connectivity index (χ3n) is 9.49. The summed E-state index contributed by atoms with van der Waals surface area (Å²) in [6.07, 6.45) is 0. The second-order valence-electron chi connectivity index (χ2n) is 12.4. The summed E-state index contributed by atoms with van der Waals surface area (Å²) in [6.45, 7) is 0. The molecule has 0 aliphatic rings. The van der Waals surface area contributed by atoms with Crippen LogP contribution in [0.3, 0.4) is 0 Å². The van der Waals surface area contributed by atoms with Crippen LogP contribution in [0.5, 0.6) is 0 Å². The van der Waals surface area contributed by atoms with Gasteiger partial charge in [0.1, 0.15) is 16.7 Å². The monoisotopic (exact) mass is 664 g/mol. The van der Waals surface area contributed by atoms with Crippen molar-refractivity contribution >= 4 is 113 Å². The van der Waals surface area contributed by atoms with Crippen LogP contribution in [0.4, 0.5) is 17.1 Å². The summed E-state index contributed by atoms with van der Waals surface area (Å²) in [5, 5.41) is 7.21. The summed E-state index contributed by atoms with van der Waals surface area (Å²) in [6, 6.07) is 51.5. The minimum absolute atomic E-state index is 0.608. The normalized spacial score (nSPS) is 12.1. The minimum Gasteiger partial charge on any atom is -0.456 e. The number of nitrogens with zero attached hydrogens (tertiary/aromatic N) is 2. The molecule has 0 spiro atoms. The molecule has 0 saturated heterocycles. The van der Waals surface area contributed by atoms with E-state index in [2.05, 4.69) is 114 Å². The molecular formula is C43H24N2O2S2. The molecule has 4 nitrogen and oxygen atoms in total. The summed E-state index contributed by atoms with van der Waals surface area (Å²) in [5.74, 6) is 0.608. The molecule has 11 aromatic rings. The number of aromatic nitrogens is 1. The Morgan fingerprint density at radius 2 is 0.959 bits per heavy atom. The first-order valence-corrected chi connectivity index (χ1v) is 17.8. The van der Waals surface area contributed by atoms with Gasteiger partial charge in [-0.3, -0.25) is 0 Å². The highest BCUT2D eigenvalue weighted by molar-refractivity contribution is 7.26. The Morgan fingerprint density at radius 1 is 0.408 bits per heavy atom. The lowest BCUT2D eigenvalue weighted by atomic mass is 10.1. The van der Waals surface area contributed by atoms with Gasteiger partial charge in [-0.15, -0.1) is 22.7 Å². The molecule has 0 fully saturated rings. The standard InChI is InChI=1S/C43H24N2O2S2/c1-2-8-25(9-3-1)43-44-35-24-37-34(23-38(35)47-43)29-17-14-26(20-36(29)46-37)45(27-15-18-32-30-10-4-6-12-39(30)48-41(32)21-27)28-16-19-33-31-11-5-7-13-40(31)49-42(33)22-28/h1-24H. The Labute approximate surface area is 287 Å². The average molecular weight is 665 g/mol. The predicted octanol–water partition coefficient (Wildman–Crippen LogP) is 13.6. The Balaban J connectivity index is 1.09. The molecule has 7 aromatic carbocycles. The Kier molecular flexibility index (Phi) is 5.67. The molecule has 0 bridgehead atoms. The number of oxazole rings is 1. The predicted molar refractivity (Wildman–Crippen MR) is 207 cm³/mol. The first-order chi connectivity index (χ1) is 24.2. The Hall–Kier alpha value is -5.95. The molecule has 0 saturated carbocycles. The highest BCUT2D eigenvalue weighted by Crippen LogP contribution is 2.44. The second kappa shape index (κ2) is 10.3. The highest BCUT2D eigenvalue weighted by Gasteiger charge is 2.19. The van der Waals surface area contributed by atoms with Crippen molar-refractivity contribution in [3.8, 4) is 11.5 Å². The van der Waals surface area contributed by atoms with E-state index < -0.39 is 0 Å². The number of thiophene rings is 2. The fourth-order valence-electron chi connectivity index (χ4n) is 7.18. The van der Waals surface area contributed by atoms with Crippen molar-refractivity contribution in [2.24, 2.45) is 0 Å². The second-order valence-corrected chi connectivity index (χ2v) is 14.5. The maximum absolute atomic E-state index is 6.55. The van der Waals surface area contributed by atoms with E-state index in [0.29, 0.717) is 5.89 Å². The molecule has 6 heteroatoms. The molecule has 4 aromatic heterocycles. The lowest BCUT2D eigenvalue weighted by molar-refractivity contribution is 0.620. The van der Waals surface area contributed by atoms with Crippen molar-refractivity contribution < 1.29 is 8.83 Å². The minimum atomic E-state index is 0.608. The van der Waals surface area contributed by atoms with Gasteiger partial charge in [0.25, 0.3) is 0 Å². The van der Waals surface area contributed by atoms with Crippen LogP contribution >= 0.6 is 22.7 Å². The molecule has 11 rings (SSSR count). The molecule has 230 valence electrons. The fourth-order valence-corrected chi connectivity index (χ4v) is 9.46. The summed E-state index contributed by atoms with van der Waals surface area (Å²) in [4.78, 5) is 7.12. The maximum Gasteiger partial charge on any atom is 0.227 e. The van der Waals surface area contributed by atoms with Crippen LogP contribution in [0.25, 0.3) is 84.8 Å². The highest BCUT2D eigenvalue weighted by atomic mass is 32.1. The third-order valence-corrected chi connectivity index (χ3v) is 11.8. The van der Waals surface area contributed by atoms with E-state index in [1.165, 1.54) is 40.3 Å². The van der Waals surface area contributed by atoms with E-state index in [1.807, 2.05) is 59.1 Å². The molecule has 0 amide bonds. The molecule has 0 aliphatic carbocycles. The van der Waals surface area contributed by atoms with E-state index in [1.54, 1.807) is 0 Å². The Morgan fingerprint density at radius 3 is 1.63 bits per heavy atom. The van der Waals surface area contributed by atoms with Crippen molar-refractivity contribution in [3.63, 3.8) is 0 Å². The number of rotatable bonds is 4. The fraction of sp³-hybridized carbons (Fsp3) is 0. The zero-order chi connectivity index (χ0) is 32.1. The summed E-state index contributed by atoms with van der Waals surface area (Å²) in [7, 11) is 0. The zero-order valence-electron chi connectivity index (χ0n) is 25.9. The van der Waals surface area contributed by atoms with E-state index in [4.69, 9.17) is 13.8 Å². The summed E-state index contributed by atoms with van der Waals surface area (Å²) >= 11 is 3.68. The van der Waals surface area contributed by atoms with E-state index >= 15 is 0 Å². The van der Waals surface area contributed by atoms with E-state index in [0.717, 1.165) is 55.7 Å². The van der Waals surface area contributed by atoms with Crippen molar-refractivity contribution in [1.29, 1.82) is 0 Å². The molecule has 0 atom stereocenters. The van der Waals surface area contributed by atoms with Gasteiger partial charge in [-0.05, 0) is 66.7 Å². The van der Waals surface area contributed by atoms with Gasteiger partial charge in [0.05, 0.1) is 0 Å². The molecule has 49 heavy (non-hydrogen) atoms. The maximum atomic E-state index is 6.55. The van der Waals surface area contributed by atoms with E-state index in [9.17, 15) is 0 Å². The molecule has 0 aliphatic heterocycles. The molecule has 0 unspecified atom stereocenters. The van der Waals surface area contributed by atoms with Gasteiger partial charge in [-0.2, -0.15) is 0 Å². The molecule has 0 N–H and O–H groups in total. The molecular weight excluding hydrogens is 641 g/mol. The van der Waals surface area contributed by atoms with Crippen LogP contribution in [-0.4, -0.2) is 4.98 Å². The van der Waals surface area contributed by atoms with Gasteiger partial charge in [0.2, 0.25) is 5.89 Å². The van der Waals surface area contributed by atoms with Crippen molar-refractivity contribution in [1.82, 2.24) is 4.98 Å². The quantitative estimate of drug-likeness (QED) is 0.188. The topological polar surface area (TPSA) is 42.4 Å². The number of fused-ring (bicyclic) bond motifs is 10. The number of furan rings is 1. The van der Waals surface area contributed by atoms with Crippen LogP contribution in [-0.2, 0) is 0 Å². The first-order valence-electron chi connectivity index (χ1n) is 16.2. The number of anilines is 3. The van der Waals surface area contributed by atoms with Crippen LogP contribution in [0.1, 0.15) is 0 Å². The van der Waals surface area contributed by atoms with Crippen molar-refractivity contribution in [2.45, 2.75) is 0 Å². The van der Waals surface area contributed by atoms with Gasteiger partial charge in [0, 0.05) is 85.9 Å². The van der Waals surface area contributed by atoms with Gasteiger partial charge in [-0.1, -0.05) is 66.7 Å². The number of hydrogen-bond acceptors (Lipinski definition) is 6.